The van der Waals surface area contributed by atoms with Gasteiger partial charge in [-0.05, 0) is 35.9 Å². The van der Waals surface area contributed by atoms with Crippen LogP contribution in [0.5, 0.6) is 5.75 Å². The molecule has 0 saturated carbocycles. The Balaban J connectivity index is 1.48. The van der Waals surface area contributed by atoms with Crippen LogP contribution in [-0.4, -0.2) is 47.9 Å². The Morgan fingerprint density at radius 3 is 2.59 bits per heavy atom. The topological polar surface area (TPSA) is 49.9 Å². The maximum Gasteiger partial charge on any atom is 0.227 e. The maximum atomic E-state index is 14.3. The molecule has 0 aromatic heterocycles. The summed E-state index contributed by atoms with van der Waals surface area (Å²) in [7, 11) is 1.78. The number of likely N-dealkylation sites (tertiary alicyclic amines) is 1. The predicted molar refractivity (Wildman–Crippen MR) is 146 cm³/mol. The largest absolute Gasteiger partial charge is 0.490 e. The molecular weight excluding hydrogens is 559 g/mol. The van der Waals surface area contributed by atoms with E-state index in [4.69, 9.17) is 16.3 Å². The normalized spacial score (nSPS) is 17.4. The molecular formula is C29H29BrClFN2O3. The van der Waals surface area contributed by atoms with Crippen molar-refractivity contribution in [1.82, 2.24) is 9.80 Å². The number of nitrogens with zero attached hydrogens (tertiary/aromatic N) is 2. The molecule has 0 N–H and O–H groups in total. The minimum absolute atomic E-state index is 0.0249. The number of carbonyl (C=O) groups excluding carboxylic acids is 2. The van der Waals surface area contributed by atoms with E-state index in [0.29, 0.717) is 31.8 Å². The van der Waals surface area contributed by atoms with Crippen LogP contribution in [0.4, 0.5) is 4.39 Å². The zero-order chi connectivity index (χ0) is 26.4. The van der Waals surface area contributed by atoms with Gasteiger partial charge in [-0.15, -0.1) is 0 Å². The van der Waals surface area contributed by atoms with Crippen LogP contribution in [0.2, 0.25) is 5.02 Å². The quantitative estimate of drug-likeness (QED) is 0.319. The van der Waals surface area contributed by atoms with Gasteiger partial charge in [-0.2, -0.15) is 0 Å². The van der Waals surface area contributed by atoms with E-state index in [-0.39, 0.29) is 47.3 Å². The molecule has 0 bridgehead atoms. The van der Waals surface area contributed by atoms with Crippen molar-refractivity contribution in [3.8, 4) is 5.75 Å². The molecule has 0 unspecified atom stereocenters. The third-order valence-corrected chi connectivity index (χ3v) is 7.46. The van der Waals surface area contributed by atoms with Gasteiger partial charge in [0.15, 0.2) is 0 Å². The second-order valence-corrected chi connectivity index (χ2v) is 10.6. The minimum atomic E-state index is -0.497. The van der Waals surface area contributed by atoms with Gasteiger partial charge in [0.25, 0.3) is 0 Å². The highest BCUT2D eigenvalue weighted by atomic mass is 79.9. The van der Waals surface area contributed by atoms with Crippen molar-refractivity contribution in [1.29, 1.82) is 0 Å². The molecule has 5 nitrogen and oxygen atoms in total. The van der Waals surface area contributed by atoms with Crippen LogP contribution in [0, 0.1) is 11.7 Å². The highest BCUT2D eigenvalue weighted by Crippen LogP contribution is 2.29. The Morgan fingerprint density at radius 2 is 1.86 bits per heavy atom. The summed E-state index contributed by atoms with van der Waals surface area (Å²) in [5, 5.41) is 0.232. The first kappa shape index (κ1) is 27.1. The fraction of sp³-hybridized carbons (Fsp3) is 0.310. The first-order valence-corrected chi connectivity index (χ1v) is 13.4. The van der Waals surface area contributed by atoms with Crippen LogP contribution in [0.15, 0.2) is 77.3 Å². The molecule has 0 aliphatic carbocycles. The Kier molecular flexibility index (Phi) is 9.22. The molecule has 8 heteroatoms. The lowest BCUT2D eigenvalue weighted by molar-refractivity contribution is -0.138. The van der Waals surface area contributed by atoms with Gasteiger partial charge in [0, 0.05) is 60.5 Å². The van der Waals surface area contributed by atoms with E-state index >= 15 is 0 Å². The van der Waals surface area contributed by atoms with Gasteiger partial charge in [0.2, 0.25) is 11.8 Å². The van der Waals surface area contributed by atoms with Gasteiger partial charge < -0.3 is 14.5 Å². The SMILES string of the molecule is CN(Cc1ccccc1)C(=O)C[C@H]1CN(C(=O)Cc2c(F)cccc2Cl)CC[C@@H]1Oc1cccc(Br)c1. The molecule has 0 radical (unpaired) electrons. The number of hydrogen-bond donors (Lipinski definition) is 0. The minimum Gasteiger partial charge on any atom is -0.490 e. The standard InChI is InChI=1S/C29H29BrClFN2O3/c1-33(18-20-7-3-2-4-8-20)28(35)15-21-19-34(29(36)17-24-25(31)11-6-12-26(24)32)14-13-27(21)37-23-10-5-9-22(30)16-23/h2-12,16,21,27H,13-15,17-19H2,1H3/t21-,27-/m0/s1. The number of rotatable bonds is 8. The Hall–Kier alpha value is -2.90. The average Bonchev–Trinajstić information content (AvgIpc) is 2.88. The summed E-state index contributed by atoms with van der Waals surface area (Å²) in [6.45, 7) is 1.29. The lowest BCUT2D eigenvalue weighted by atomic mass is 9.90. The zero-order valence-electron chi connectivity index (χ0n) is 20.6. The van der Waals surface area contributed by atoms with E-state index in [1.165, 1.54) is 12.1 Å². The second-order valence-electron chi connectivity index (χ2n) is 9.32. The van der Waals surface area contributed by atoms with Crippen molar-refractivity contribution >= 4 is 39.3 Å². The number of hydrogen-bond acceptors (Lipinski definition) is 3. The monoisotopic (exact) mass is 586 g/mol. The van der Waals surface area contributed by atoms with E-state index in [9.17, 15) is 14.0 Å². The zero-order valence-corrected chi connectivity index (χ0v) is 22.9. The number of carbonyl (C=O) groups is 2. The van der Waals surface area contributed by atoms with E-state index in [0.717, 1.165) is 10.0 Å². The van der Waals surface area contributed by atoms with Crippen LogP contribution in [0.25, 0.3) is 0 Å². The van der Waals surface area contributed by atoms with Crippen molar-refractivity contribution in [3.05, 3.63) is 99.2 Å². The number of ether oxygens (including phenoxy) is 1. The molecule has 2 atom stereocenters. The van der Waals surface area contributed by atoms with Gasteiger partial charge in [0.1, 0.15) is 17.7 Å². The van der Waals surface area contributed by atoms with E-state index < -0.39 is 5.82 Å². The molecule has 1 heterocycles. The first-order chi connectivity index (χ1) is 17.8. The van der Waals surface area contributed by atoms with Crippen molar-refractivity contribution in [2.75, 3.05) is 20.1 Å². The van der Waals surface area contributed by atoms with Gasteiger partial charge >= 0.3 is 0 Å². The number of benzene rings is 3. The lowest BCUT2D eigenvalue weighted by Crippen LogP contribution is -2.49. The molecule has 0 spiro atoms. The Labute approximate surface area is 230 Å². The maximum absolute atomic E-state index is 14.3. The summed E-state index contributed by atoms with van der Waals surface area (Å²) in [6, 6.07) is 21.8. The molecule has 37 heavy (non-hydrogen) atoms. The summed E-state index contributed by atoms with van der Waals surface area (Å²) in [6.07, 6.45) is 0.414. The van der Waals surface area contributed by atoms with E-state index in [2.05, 4.69) is 15.9 Å². The van der Waals surface area contributed by atoms with Crippen molar-refractivity contribution in [2.45, 2.75) is 31.9 Å². The average molecular weight is 588 g/mol. The first-order valence-electron chi connectivity index (χ1n) is 12.2. The summed E-state index contributed by atoms with van der Waals surface area (Å²) >= 11 is 9.62. The fourth-order valence-corrected chi connectivity index (χ4v) is 5.20. The van der Waals surface area contributed by atoms with E-state index in [1.54, 1.807) is 22.9 Å². The summed E-state index contributed by atoms with van der Waals surface area (Å²) in [4.78, 5) is 29.8. The van der Waals surface area contributed by atoms with Crippen LogP contribution in [-0.2, 0) is 22.6 Å². The third-order valence-electron chi connectivity index (χ3n) is 6.62. The number of piperidine rings is 1. The molecule has 2 amide bonds. The smallest absolute Gasteiger partial charge is 0.227 e. The Bertz CT molecular complexity index is 1220. The predicted octanol–water partition coefficient (Wildman–Crippen LogP) is 6.13. The molecule has 1 saturated heterocycles. The van der Waals surface area contributed by atoms with Gasteiger partial charge in [-0.1, -0.05) is 70.0 Å². The van der Waals surface area contributed by atoms with Crippen molar-refractivity contribution < 1.29 is 18.7 Å². The van der Waals surface area contributed by atoms with E-state index in [1.807, 2.05) is 54.6 Å². The summed E-state index contributed by atoms with van der Waals surface area (Å²) in [5.74, 6) is -0.264. The summed E-state index contributed by atoms with van der Waals surface area (Å²) in [5.41, 5.74) is 1.24. The fourth-order valence-electron chi connectivity index (χ4n) is 4.59. The molecule has 4 rings (SSSR count). The Morgan fingerprint density at radius 1 is 1.11 bits per heavy atom. The molecule has 194 valence electrons. The third kappa shape index (κ3) is 7.33. The van der Waals surface area contributed by atoms with Gasteiger partial charge in [0.05, 0.1) is 6.42 Å². The van der Waals surface area contributed by atoms with Gasteiger partial charge in [-0.3, -0.25) is 9.59 Å². The molecule has 3 aromatic carbocycles. The van der Waals surface area contributed by atoms with Gasteiger partial charge in [-0.25, -0.2) is 4.39 Å². The molecule has 1 aliphatic heterocycles. The van der Waals surface area contributed by atoms with Crippen LogP contribution < -0.4 is 4.74 Å². The van der Waals surface area contributed by atoms with Crippen LogP contribution >= 0.6 is 27.5 Å². The van der Waals surface area contributed by atoms with Crippen molar-refractivity contribution in [3.63, 3.8) is 0 Å². The molecule has 3 aromatic rings. The summed E-state index contributed by atoms with van der Waals surface area (Å²) < 4.78 is 21.5. The molecule has 1 aliphatic rings. The van der Waals surface area contributed by atoms with Crippen LogP contribution in [0.3, 0.4) is 0 Å². The second kappa shape index (κ2) is 12.6. The lowest BCUT2D eigenvalue weighted by Gasteiger charge is -2.39. The number of halogens is 3. The molecule has 1 fully saturated rings. The highest BCUT2D eigenvalue weighted by Gasteiger charge is 2.35. The number of amides is 2. The van der Waals surface area contributed by atoms with Crippen LogP contribution in [0.1, 0.15) is 24.0 Å². The highest BCUT2D eigenvalue weighted by molar-refractivity contribution is 9.10. The van der Waals surface area contributed by atoms with Crippen molar-refractivity contribution in [2.24, 2.45) is 5.92 Å².